The van der Waals surface area contributed by atoms with E-state index in [9.17, 15) is 0 Å². The second-order valence-electron chi connectivity index (χ2n) is 6.49. The predicted octanol–water partition coefficient (Wildman–Crippen LogP) is 4.96. The molecule has 0 saturated heterocycles. The summed E-state index contributed by atoms with van der Waals surface area (Å²) in [5.74, 6) is 2.51. The lowest BCUT2D eigenvalue weighted by molar-refractivity contribution is 0.397. The van der Waals surface area contributed by atoms with Crippen molar-refractivity contribution in [1.82, 2.24) is 9.78 Å². The van der Waals surface area contributed by atoms with E-state index in [1.165, 1.54) is 5.56 Å². The Morgan fingerprint density at radius 2 is 1.78 bits per heavy atom. The van der Waals surface area contributed by atoms with Gasteiger partial charge in [-0.2, -0.15) is 5.10 Å². The highest BCUT2D eigenvalue weighted by Crippen LogP contribution is 2.43. The standard InChI is InChI=1S/C21H22ClN3O2/c1-26-17-10-6-11-18(27-2)19(17)20-16-9-3-4-12-23-21(16)25(24-20)15-8-5-7-14(22)13-15/h5-8,10-11,13,23H,3-4,9,12H2,1-2H3. The van der Waals surface area contributed by atoms with Crippen molar-refractivity contribution >= 4 is 17.4 Å². The lowest BCUT2D eigenvalue weighted by Crippen LogP contribution is -2.07. The van der Waals surface area contributed by atoms with E-state index < -0.39 is 0 Å². The van der Waals surface area contributed by atoms with Crippen LogP contribution < -0.4 is 14.8 Å². The van der Waals surface area contributed by atoms with Gasteiger partial charge in [0.1, 0.15) is 23.0 Å². The number of rotatable bonds is 4. The number of benzene rings is 2. The van der Waals surface area contributed by atoms with Gasteiger partial charge in [-0.25, -0.2) is 4.68 Å². The van der Waals surface area contributed by atoms with Crippen LogP contribution in [0.15, 0.2) is 42.5 Å². The quantitative estimate of drug-likeness (QED) is 0.691. The maximum Gasteiger partial charge on any atom is 0.133 e. The third kappa shape index (κ3) is 3.23. The van der Waals surface area contributed by atoms with Crippen LogP contribution in [0, 0.1) is 0 Å². The average Bonchev–Trinajstić information content (AvgIpc) is 2.87. The number of nitrogens with one attached hydrogen (secondary N) is 1. The minimum Gasteiger partial charge on any atom is -0.496 e. The minimum absolute atomic E-state index is 0.682. The Labute approximate surface area is 163 Å². The third-order valence-corrected chi connectivity index (χ3v) is 5.08. The van der Waals surface area contributed by atoms with Crippen molar-refractivity contribution in [3.05, 3.63) is 53.1 Å². The molecule has 0 fully saturated rings. The average molecular weight is 384 g/mol. The summed E-state index contributed by atoms with van der Waals surface area (Å²) in [5, 5.41) is 9.20. The molecule has 1 aliphatic rings. The first-order valence-corrected chi connectivity index (χ1v) is 9.44. The summed E-state index contributed by atoms with van der Waals surface area (Å²) >= 11 is 6.23. The summed E-state index contributed by atoms with van der Waals surface area (Å²) in [5.41, 5.74) is 3.86. The number of methoxy groups -OCH3 is 2. The fourth-order valence-corrected chi connectivity index (χ4v) is 3.77. The molecule has 1 N–H and O–H groups in total. The summed E-state index contributed by atoms with van der Waals surface area (Å²) in [4.78, 5) is 0. The van der Waals surface area contributed by atoms with Gasteiger partial charge in [0.15, 0.2) is 0 Å². The molecule has 5 nitrogen and oxygen atoms in total. The molecule has 0 bridgehead atoms. The highest BCUT2D eigenvalue weighted by Gasteiger charge is 2.26. The monoisotopic (exact) mass is 383 g/mol. The van der Waals surface area contributed by atoms with Gasteiger partial charge in [-0.15, -0.1) is 0 Å². The molecule has 6 heteroatoms. The van der Waals surface area contributed by atoms with Gasteiger partial charge in [0, 0.05) is 17.1 Å². The molecule has 0 saturated carbocycles. The fraction of sp³-hybridized carbons (Fsp3) is 0.286. The number of aromatic nitrogens is 2. The summed E-state index contributed by atoms with van der Waals surface area (Å²) in [6.45, 7) is 0.918. The van der Waals surface area contributed by atoms with Crippen LogP contribution in [-0.2, 0) is 6.42 Å². The van der Waals surface area contributed by atoms with E-state index in [1.807, 2.05) is 47.1 Å². The lowest BCUT2D eigenvalue weighted by Gasteiger charge is -2.12. The Morgan fingerprint density at radius 1 is 1.04 bits per heavy atom. The molecule has 2 heterocycles. The maximum absolute atomic E-state index is 6.23. The summed E-state index contributed by atoms with van der Waals surface area (Å²) in [6, 6.07) is 13.5. The molecule has 0 amide bonds. The van der Waals surface area contributed by atoms with Gasteiger partial charge < -0.3 is 14.8 Å². The van der Waals surface area contributed by atoms with Crippen LogP contribution in [0.25, 0.3) is 16.9 Å². The second-order valence-corrected chi connectivity index (χ2v) is 6.93. The molecule has 0 radical (unpaired) electrons. The van der Waals surface area contributed by atoms with E-state index in [-0.39, 0.29) is 0 Å². The van der Waals surface area contributed by atoms with Crippen molar-refractivity contribution in [3.63, 3.8) is 0 Å². The molecule has 27 heavy (non-hydrogen) atoms. The Balaban J connectivity index is 1.98. The maximum atomic E-state index is 6.23. The Hall–Kier alpha value is -2.66. The normalized spacial score (nSPS) is 13.4. The first-order valence-electron chi connectivity index (χ1n) is 9.06. The number of ether oxygens (including phenoxy) is 2. The molecule has 3 aromatic rings. The van der Waals surface area contributed by atoms with Gasteiger partial charge in [0.2, 0.25) is 0 Å². The molecule has 0 aliphatic carbocycles. The molecule has 0 unspecified atom stereocenters. The van der Waals surface area contributed by atoms with Crippen molar-refractivity contribution in [2.24, 2.45) is 0 Å². The first-order chi connectivity index (χ1) is 13.2. The minimum atomic E-state index is 0.682. The molecular weight excluding hydrogens is 362 g/mol. The van der Waals surface area contributed by atoms with Gasteiger partial charge in [0.05, 0.1) is 25.5 Å². The van der Waals surface area contributed by atoms with Crippen molar-refractivity contribution in [3.8, 4) is 28.4 Å². The van der Waals surface area contributed by atoms with E-state index in [4.69, 9.17) is 26.2 Å². The zero-order valence-corrected chi connectivity index (χ0v) is 16.2. The number of nitrogens with zero attached hydrogens (tertiary/aromatic N) is 2. The zero-order valence-electron chi connectivity index (χ0n) is 15.5. The van der Waals surface area contributed by atoms with E-state index in [1.54, 1.807) is 14.2 Å². The van der Waals surface area contributed by atoms with Gasteiger partial charge >= 0.3 is 0 Å². The smallest absolute Gasteiger partial charge is 0.133 e. The summed E-state index contributed by atoms with van der Waals surface area (Å²) < 4.78 is 13.2. The number of hydrogen-bond donors (Lipinski definition) is 1. The van der Waals surface area contributed by atoms with Gasteiger partial charge in [-0.1, -0.05) is 23.7 Å². The highest BCUT2D eigenvalue weighted by atomic mass is 35.5. The van der Waals surface area contributed by atoms with E-state index in [0.29, 0.717) is 5.02 Å². The van der Waals surface area contributed by atoms with Crippen molar-refractivity contribution in [2.75, 3.05) is 26.1 Å². The molecule has 1 aromatic heterocycles. The highest BCUT2D eigenvalue weighted by molar-refractivity contribution is 6.30. The Kier molecular flexibility index (Phi) is 4.94. The van der Waals surface area contributed by atoms with Gasteiger partial charge in [-0.05, 0) is 49.6 Å². The Morgan fingerprint density at radius 3 is 2.48 bits per heavy atom. The van der Waals surface area contributed by atoms with E-state index in [2.05, 4.69) is 5.32 Å². The molecule has 4 rings (SSSR count). The molecule has 0 atom stereocenters. The van der Waals surface area contributed by atoms with Crippen LogP contribution >= 0.6 is 11.6 Å². The number of hydrogen-bond acceptors (Lipinski definition) is 4. The largest absolute Gasteiger partial charge is 0.496 e. The van der Waals surface area contributed by atoms with E-state index >= 15 is 0 Å². The molecule has 2 aromatic carbocycles. The molecule has 1 aliphatic heterocycles. The summed E-state index contributed by atoms with van der Waals surface area (Å²) in [6.07, 6.45) is 3.16. The third-order valence-electron chi connectivity index (χ3n) is 4.85. The Bertz CT molecular complexity index is 946. The van der Waals surface area contributed by atoms with Crippen molar-refractivity contribution in [2.45, 2.75) is 19.3 Å². The van der Waals surface area contributed by atoms with Gasteiger partial charge in [-0.3, -0.25) is 0 Å². The first kappa shape index (κ1) is 17.7. The molecule has 0 spiro atoms. The SMILES string of the molecule is COc1cccc(OC)c1-c1nn(-c2cccc(Cl)c2)c2c1CCCCN2. The number of halogens is 1. The van der Waals surface area contributed by atoms with Crippen molar-refractivity contribution < 1.29 is 9.47 Å². The second kappa shape index (κ2) is 7.53. The van der Waals surface area contributed by atoms with Crippen LogP contribution in [0.4, 0.5) is 5.82 Å². The van der Waals surface area contributed by atoms with E-state index in [0.717, 1.165) is 60.1 Å². The van der Waals surface area contributed by atoms with Crippen LogP contribution in [0.2, 0.25) is 5.02 Å². The molecular formula is C21H22ClN3O2. The van der Waals surface area contributed by atoms with Crippen LogP contribution in [-0.4, -0.2) is 30.5 Å². The lowest BCUT2D eigenvalue weighted by atomic mass is 10.0. The predicted molar refractivity (Wildman–Crippen MR) is 109 cm³/mol. The van der Waals surface area contributed by atoms with Gasteiger partial charge in [0.25, 0.3) is 0 Å². The van der Waals surface area contributed by atoms with Crippen LogP contribution in [0.5, 0.6) is 11.5 Å². The van der Waals surface area contributed by atoms with Crippen molar-refractivity contribution in [1.29, 1.82) is 0 Å². The zero-order chi connectivity index (χ0) is 18.8. The number of anilines is 1. The summed E-state index contributed by atoms with van der Waals surface area (Å²) in [7, 11) is 3.34. The fourth-order valence-electron chi connectivity index (χ4n) is 3.58. The number of fused-ring (bicyclic) bond motifs is 1. The van der Waals surface area contributed by atoms with Crippen LogP contribution in [0.1, 0.15) is 18.4 Å². The van der Waals surface area contributed by atoms with Crippen LogP contribution in [0.3, 0.4) is 0 Å². The molecule has 140 valence electrons. The topological polar surface area (TPSA) is 48.3 Å².